The van der Waals surface area contributed by atoms with Gasteiger partial charge in [-0.3, -0.25) is 4.79 Å². The Morgan fingerprint density at radius 1 is 1.43 bits per heavy atom. The Labute approximate surface area is 124 Å². The fraction of sp³-hybridized carbons (Fsp3) is 0.500. The van der Waals surface area contributed by atoms with Crippen LogP contribution in [0.15, 0.2) is 23.1 Å². The fourth-order valence-corrected chi connectivity index (χ4v) is 2.61. The van der Waals surface area contributed by atoms with E-state index < -0.39 is 15.9 Å². The number of hydrogen-bond acceptors (Lipinski definition) is 4. The van der Waals surface area contributed by atoms with Crippen LogP contribution in [-0.2, 0) is 14.8 Å². The van der Waals surface area contributed by atoms with Crippen LogP contribution in [0, 0.1) is 5.41 Å². The van der Waals surface area contributed by atoms with Crippen LogP contribution in [0.2, 0.25) is 0 Å². The molecule has 0 radical (unpaired) electrons. The number of sulfonamides is 1. The van der Waals surface area contributed by atoms with Gasteiger partial charge in [-0.15, -0.1) is 0 Å². The summed E-state index contributed by atoms with van der Waals surface area (Å²) in [5, 5.41) is 7.98. The molecule has 1 atom stereocenters. The van der Waals surface area contributed by atoms with Crippen molar-refractivity contribution in [3.05, 3.63) is 23.8 Å². The predicted molar refractivity (Wildman–Crippen MR) is 78.5 cm³/mol. The molecule has 6 nitrogen and oxygen atoms in total. The van der Waals surface area contributed by atoms with Crippen molar-refractivity contribution in [2.24, 2.45) is 10.6 Å². The summed E-state index contributed by atoms with van der Waals surface area (Å²) in [4.78, 5) is 12.2. The van der Waals surface area contributed by atoms with Crippen molar-refractivity contribution in [1.82, 2.24) is 5.32 Å². The average Bonchev–Trinajstić information content (AvgIpc) is 2.76. The molecule has 0 saturated carbocycles. The van der Waals surface area contributed by atoms with E-state index in [-0.39, 0.29) is 22.8 Å². The average molecular weight is 312 g/mol. The molecule has 2 rings (SSSR count). The van der Waals surface area contributed by atoms with E-state index in [4.69, 9.17) is 9.88 Å². The van der Waals surface area contributed by atoms with Crippen molar-refractivity contribution in [2.45, 2.75) is 31.6 Å². The molecule has 116 valence electrons. The number of primary sulfonamides is 1. The van der Waals surface area contributed by atoms with Crippen molar-refractivity contribution in [2.75, 3.05) is 13.2 Å². The molecular formula is C14H20N2O4S. The summed E-state index contributed by atoms with van der Waals surface area (Å²) in [6.45, 7) is 6.80. The minimum Gasteiger partial charge on any atom is -0.492 e. The van der Waals surface area contributed by atoms with Crippen molar-refractivity contribution >= 4 is 15.9 Å². The number of hydrogen-bond donors (Lipinski definition) is 2. The standard InChI is InChI=1S/C14H20N2O4S/c1-14(2,3)8-16-13(17)11-7-20-12-5-4-9(6-10(11)12)21(15,18)19/h4-6,11H,7-8H2,1-3H3,(H,16,17)(H2,15,18,19). The number of fused-ring (bicyclic) bond motifs is 1. The third-order valence-corrected chi connectivity index (χ3v) is 4.11. The van der Waals surface area contributed by atoms with Gasteiger partial charge in [-0.2, -0.15) is 0 Å². The Kier molecular flexibility index (Phi) is 3.99. The molecule has 1 heterocycles. The Bertz CT molecular complexity index is 662. The van der Waals surface area contributed by atoms with E-state index in [0.717, 1.165) is 0 Å². The maximum Gasteiger partial charge on any atom is 0.238 e. The number of amides is 1. The van der Waals surface area contributed by atoms with E-state index in [1.54, 1.807) is 0 Å². The zero-order chi connectivity index (χ0) is 15.8. The summed E-state index contributed by atoms with van der Waals surface area (Å²) in [5.74, 6) is -0.155. The van der Waals surface area contributed by atoms with Gasteiger partial charge in [0.25, 0.3) is 0 Å². The first-order chi connectivity index (χ1) is 9.58. The Morgan fingerprint density at radius 2 is 2.10 bits per heavy atom. The maximum absolute atomic E-state index is 12.2. The largest absolute Gasteiger partial charge is 0.492 e. The number of carbonyl (C=O) groups excluding carboxylic acids is 1. The zero-order valence-electron chi connectivity index (χ0n) is 12.3. The second-order valence-electron chi connectivity index (χ2n) is 6.39. The normalized spacial score (nSPS) is 18.0. The van der Waals surface area contributed by atoms with Crippen LogP contribution in [0.3, 0.4) is 0 Å². The summed E-state index contributed by atoms with van der Waals surface area (Å²) in [7, 11) is -3.80. The van der Waals surface area contributed by atoms with Crippen molar-refractivity contribution in [1.29, 1.82) is 0 Å². The van der Waals surface area contributed by atoms with Crippen LogP contribution in [0.25, 0.3) is 0 Å². The minimum atomic E-state index is -3.80. The Morgan fingerprint density at radius 3 is 2.67 bits per heavy atom. The van der Waals surface area contributed by atoms with Gasteiger partial charge in [0.15, 0.2) is 0 Å². The molecule has 0 saturated heterocycles. The monoisotopic (exact) mass is 312 g/mol. The molecule has 0 spiro atoms. The number of rotatable bonds is 3. The Balaban J connectivity index is 2.23. The molecule has 1 aromatic carbocycles. The van der Waals surface area contributed by atoms with Crippen LogP contribution in [0.1, 0.15) is 32.3 Å². The molecule has 21 heavy (non-hydrogen) atoms. The highest BCUT2D eigenvalue weighted by Crippen LogP contribution is 2.35. The smallest absolute Gasteiger partial charge is 0.238 e. The number of benzene rings is 1. The van der Waals surface area contributed by atoms with Gasteiger partial charge in [-0.05, 0) is 23.6 Å². The molecule has 7 heteroatoms. The highest BCUT2D eigenvalue weighted by Gasteiger charge is 2.32. The first kappa shape index (κ1) is 15.8. The number of nitrogens with one attached hydrogen (secondary N) is 1. The molecule has 1 unspecified atom stereocenters. The number of carbonyl (C=O) groups is 1. The number of ether oxygens (including phenoxy) is 1. The SMILES string of the molecule is CC(C)(C)CNC(=O)C1COc2ccc(S(N)(=O)=O)cc21. The lowest BCUT2D eigenvalue weighted by Gasteiger charge is -2.20. The third kappa shape index (κ3) is 3.74. The molecule has 1 amide bonds. The maximum atomic E-state index is 12.2. The van der Waals surface area contributed by atoms with E-state index in [0.29, 0.717) is 17.9 Å². The van der Waals surface area contributed by atoms with Crippen LogP contribution < -0.4 is 15.2 Å². The van der Waals surface area contributed by atoms with E-state index in [9.17, 15) is 13.2 Å². The molecule has 1 aliphatic rings. The lowest BCUT2D eigenvalue weighted by atomic mass is 9.95. The van der Waals surface area contributed by atoms with Crippen LogP contribution in [0.4, 0.5) is 0 Å². The van der Waals surface area contributed by atoms with Crippen LogP contribution >= 0.6 is 0 Å². The second kappa shape index (κ2) is 5.31. The predicted octanol–water partition coefficient (Wildman–Crippen LogP) is 0.972. The molecule has 1 aliphatic heterocycles. The number of nitrogens with two attached hydrogens (primary N) is 1. The summed E-state index contributed by atoms with van der Waals surface area (Å²) in [5.41, 5.74) is 0.536. The molecular weight excluding hydrogens is 292 g/mol. The topological polar surface area (TPSA) is 98.5 Å². The molecule has 0 aliphatic carbocycles. The van der Waals surface area contributed by atoms with Gasteiger partial charge in [0.05, 0.1) is 4.90 Å². The van der Waals surface area contributed by atoms with Crippen molar-refractivity contribution < 1.29 is 17.9 Å². The summed E-state index contributed by atoms with van der Waals surface area (Å²) in [6.07, 6.45) is 0. The molecule has 3 N–H and O–H groups in total. The quantitative estimate of drug-likeness (QED) is 0.869. The van der Waals surface area contributed by atoms with Gasteiger partial charge in [-0.25, -0.2) is 13.6 Å². The Hall–Kier alpha value is -1.60. The highest BCUT2D eigenvalue weighted by atomic mass is 32.2. The summed E-state index contributed by atoms with van der Waals surface area (Å²) < 4.78 is 28.2. The second-order valence-corrected chi connectivity index (χ2v) is 7.95. The molecule has 0 bridgehead atoms. The molecule has 0 aromatic heterocycles. The van der Waals surface area contributed by atoms with E-state index in [1.807, 2.05) is 20.8 Å². The van der Waals surface area contributed by atoms with Crippen LogP contribution in [0.5, 0.6) is 5.75 Å². The summed E-state index contributed by atoms with van der Waals surface area (Å²) in [6, 6.07) is 4.33. The van der Waals surface area contributed by atoms with Gasteiger partial charge in [0.1, 0.15) is 18.3 Å². The van der Waals surface area contributed by atoms with E-state index in [1.165, 1.54) is 18.2 Å². The van der Waals surface area contributed by atoms with Gasteiger partial charge < -0.3 is 10.1 Å². The van der Waals surface area contributed by atoms with Gasteiger partial charge >= 0.3 is 0 Å². The fourth-order valence-electron chi connectivity index (χ4n) is 2.06. The lowest BCUT2D eigenvalue weighted by molar-refractivity contribution is -0.123. The van der Waals surface area contributed by atoms with Crippen LogP contribution in [-0.4, -0.2) is 27.5 Å². The first-order valence-corrected chi connectivity index (χ1v) is 8.20. The highest BCUT2D eigenvalue weighted by molar-refractivity contribution is 7.89. The van der Waals surface area contributed by atoms with Gasteiger partial charge in [-0.1, -0.05) is 20.8 Å². The molecule has 0 fully saturated rings. The molecule has 1 aromatic rings. The zero-order valence-corrected chi connectivity index (χ0v) is 13.2. The summed E-state index contributed by atoms with van der Waals surface area (Å²) >= 11 is 0. The van der Waals surface area contributed by atoms with E-state index >= 15 is 0 Å². The minimum absolute atomic E-state index is 0.0135. The van der Waals surface area contributed by atoms with E-state index in [2.05, 4.69) is 5.32 Å². The third-order valence-electron chi connectivity index (χ3n) is 3.20. The van der Waals surface area contributed by atoms with Gasteiger partial charge in [0.2, 0.25) is 15.9 Å². The van der Waals surface area contributed by atoms with Crippen molar-refractivity contribution in [3.8, 4) is 5.75 Å². The van der Waals surface area contributed by atoms with Crippen molar-refractivity contribution in [3.63, 3.8) is 0 Å². The first-order valence-electron chi connectivity index (χ1n) is 6.65. The van der Waals surface area contributed by atoms with Gasteiger partial charge in [0, 0.05) is 12.1 Å². The lowest BCUT2D eigenvalue weighted by Crippen LogP contribution is -2.36.